The molecule has 0 saturated heterocycles. The Morgan fingerprint density at radius 1 is 1.37 bits per heavy atom. The minimum absolute atomic E-state index is 0.0880. The van der Waals surface area contributed by atoms with Crippen molar-refractivity contribution in [3.63, 3.8) is 0 Å². The maximum atomic E-state index is 11.5. The number of ether oxygens (including phenoxy) is 1. The first-order chi connectivity index (χ1) is 9.11. The minimum atomic E-state index is 0.0880. The summed E-state index contributed by atoms with van der Waals surface area (Å²) < 4.78 is 5.11. The molecule has 1 amide bonds. The van der Waals surface area contributed by atoms with Crippen LogP contribution >= 0.6 is 0 Å². The molecule has 0 fully saturated rings. The van der Waals surface area contributed by atoms with Gasteiger partial charge < -0.3 is 15.8 Å². The van der Waals surface area contributed by atoms with Gasteiger partial charge in [-0.05, 0) is 43.9 Å². The molecule has 0 heterocycles. The number of nitrogens with two attached hydrogens (primary N) is 1. The van der Waals surface area contributed by atoms with Crippen LogP contribution in [0.1, 0.15) is 31.7 Å². The van der Waals surface area contributed by atoms with Crippen LogP contribution in [0.15, 0.2) is 24.3 Å². The molecule has 1 unspecified atom stereocenters. The molecule has 0 saturated carbocycles. The Balaban J connectivity index is 2.14. The topological polar surface area (TPSA) is 64.3 Å². The summed E-state index contributed by atoms with van der Waals surface area (Å²) in [6, 6.07) is 8.10. The van der Waals surface area contributed by atoms with Gasteiger partial charge in [0.15, 0.2) is 0 Å². The number of aryl methyl sites for hydroxylation is 1. The lowest BCUT2D eigenvalue weighted by molar-refractivity contribution is -0.121. The average Bonchev–Trinajstić information content (AvgIpc) is 2.42. The van der Waals surface area contributed by atoms with Crippen molar-refractivity contribution in [3.05, 3.63) is 29.8 Å². The van der Waals surface area contributed by atoms with Crippen molar-refractivity contribution in [1.29, 1.82) is 0 Å². The molecule has 19 heavy (non-hydrogen) atoms. The summed E-state index contributed by atoms with van der Waals surface area (Å²) in [6.07, 6.45) is 3.15. The molecule has 0 aliphatic heterocycles. The summed E-state index contributed by atoms with van der Waals surface area (Å²) in [6.45, 7) is 2.63. The Morgan fingerprint density at radius 2 is 2.05 bits per heavy atom. The van der Waals surface area contributed by atoms with Crippen molar-refractivity contribution in [1.82, 2.24) is 5.32 Å². The molecule has 0 radical (unpaired) electrons. The Kier molecular flexibility index (Phi) is 6.97. The van der Waals surface area contributed by atoms with Gasteiger partial charge in [-0.3, -0.25) is 4.79 Å². The fourth-order valence-corrected chi connectivity index (χ4v) is 1.76. The number of methoxy groups -OCH3 is 1. The number of hydrogen-bond donors (Lipinski definition) is 2. The van der Waals surface area contributed by atoms with Gasteiger partial charge >= 0.3 is 0 Å². The van der Waals surface area contributed by atoms with Crippen LogP contribution in [0, 0.1) is 0 Å². The van der Waals surface area contributed by atoms with E-state index in [1.54, 1.807) is 7.11 Å². The summed E-state index contributed by atoms with van der Waals surface area (Å²) >= 11 is 0. The average molecular weight is 264 g/mol. The van der Waals surface area contributed by atoms with Gasteiger partial charge in [-0.2, -0.15) is 0 Å². The van der Waals surface area contributed by atoms with E-state index in [4.69, 9.17) is 10.5 Å². The van der Waals surface area contributed by atoms with Crippen LogP contribution in [0.4, 0.5) is 0 Å². The van der Waals surface area contributed by atoms with Crippen molar-refractivity contribution in [2.75, 3.05) is 13.7 Å². The maximum Gasteiger partial charge on any atom is 0.220 e. The van der Waals surface area contributed by atoms with Gasteiger partial charge in [-0.1, -0.05) is 12.1 Å². The first-order valence-corrected chi connectivity index (χ1v) is 6.77. The molecule has 106 valence electrons. The highest BCUT2D eigenvalue weighted by molar-refractivity contribution is 5.75. The highest BCUT2D eigenvalue weighted by Gasteiger charge is 2.02. The standard InChI is InChI=1S/C15H24N2O2/c1-12(16)5-10-15(18)17-11-3-4-13-6-8-14(19-2)9-7-13/h6-9,12H,3-5,10-11,16H2,1-2H3,(H,17,18). The van der Waals surface area contributed by atoms with E-state index in [1.165, 1.54) is 5.56 Å². The molecule has 0 aromatic heterocycles. The predicted octanol–water partition coefficient (Wildman–Crippen LogP) is 1.87. The van der Waals surface area contributed by atoms with E-state index >= 15 is 0 Å². The minimum Gasteiger partial charge on any atom is -0.497 e. The molecule has 1 aromatic carbocycles. The number of benzene rings is 1. The van der Waals surface area contributed by atoms with E-state index in [0.29, 0.717) is 13.0 Å². The van der Waals surface area contributed by atoms with E-state index in [9.17, 15) is 4.79 Å². The van der Waals surface area contributed by atoms with Crippen LogP contribution in [0.2, 0.25) is 0 Å². The number of hydrogen-bond acceptors (Lipinski definition) is 3. The van der Waals surface area contributed by atoms with Crippen molar-refractivity contribution in [3.8, 4) is 5.75 Å². The van der Waals surface area contributed by atoms with Gasteiger partial charge in [0.1, 0.15) is 5.75 Å². The SMILES string of the molecule is COc1ccc(CCCNC(=O)CCC(C)N)cc1. The largest absolute Gasteiger partial charge is 0.497 e. The molecular formula is C15H24N2O2. The third-order valence-electron chi connectivity index (χ3n) is 2.95. The fraction of sp³-hybridized carbons (Fsp3) is 0.533. The molecule has 0 aliphatic rings. The monoisotopic (exact) mass is 264 g/mol. The third kappa shape index (κ3) is 6.82. The van der Waals surface area contributed by atoms with Crippen LogP contribution < -0.4 is 15.8 Å². The van der Waals surface area contributed by atoms with Crippen LogP contribution in [0.3, 0.4) is 0 Å². The summed E-state index contributed by atoms with van der Waals surface area (Å²) in [7, 11) is 1.66. The smallest absolute Gasteiger partial charge is 0.220 e. The Morgan fingerprint density at radius 3 is 2.63 bits per heavy atom. The summed E-state index contributed by atoms with van der Waals surface area (Å²) in [4.78, 5) is 11.5. The summed E-state index contributed by atoms with van der Waals surface area (Å²) in [5.74, 6) is 0.958. The zero-order valence-corrected chi connectivity index (χ0v) is 11.8. The Labute approximate surface area is 115 Å². The zero-order valence-electron chi connectivity index (χ0n) is 11.8. The normalized spacial score (nSPS) is 11.9. The second-order valence-corrected chi connectivity index (χ2v) is 4.82. The Bertz CT molecular complexity index is 374. The van der Waals surface area contributed by atoms with Gasteiger partial charge in [0.05, 0.1) is 7.11 Å². The molecule has 3 N–H and O–H groups in total. The lowest BCUT2D eigenvalue weighted by Gasteiger charge is -2.07. The number of carbonyl (C=O) groups is 1. The van der Waals surface area contributed by atoms with Crippen molar-refractivity contribution in [2.45, 2.75) is 38.6 Å². The summed E-state index contributed by atoms with van der Waals surface area (Å²) in [5.41, 5.74) is 6.86. The van der Waals surface area contributed by atoms with Gasteiger partial charge in [0, 0.05) is 19.0 Å². The number of nitrogens with one attached hydrogen (secondary N) is 1. The first-order valence-electron chi connectivity index (χ1n) is 6.77. The molecule has 0 bridgehead atoms. The molecule has 4 nitrogen and oxygen atoms in total. The molecule has 1 rings (SSSR count). The third-order valence-corrected chi connectivity index (χ3v) is 2.95. The second-order valence-electron chi connectivity index (χ2n) is 4.82. The lowest BCUT2D eigenvalue weighted by Crippen LogP contribution is -2.26. The van der Waals surface area contributed by atoms with Crippen molar-refractivity contribution in [2.24, 2.45) is 5.73 Å². The number of amides is 1. The number of rotatable bonds is 8. The van der Waals surface area contributed by atoms with E-state index in [-0.39, 0.29) is 11.9 Å². The lowest BCUT2D eigenvalue weighted by atomic mass is 10.1. The van der Waals surface area contributed by atoms with E-state index in [1.807, 2.05) is 19.1 Å². The molecule has 4 heteroatoms. The Hall–Kier alpha value is -1.55. The van der Waals surface area contributed by atoms with Crippen LogP contribution in [-0.4, -0.2) is 25.6 Å². The van der Waals surface area contributed by atoms with E-state index in [0.717, 1.165) is 25.0 Å². The van der Waals surface area contributed by atoms with E-state index < -0.39 is 0 Å². The first kappa shape index (κ1) is 15.5. The zero-order chi connectivity index (χ0) is 14.1. The van der Waals surface area contributed by atoms with Gasteiger partial charge in [0.2, 0.25) is 5.91 Å². The van der Waals surface area contributed by atoms with Crippen LogP contribution in [0.25, 0.3) is 0 Å². The fourth-order valence-electron chi connectivity index (χ4n) is 1.76. The highest BCUT2D eigenvalue weighted by Crippen LogP contribution is 2.12. The second kappa shape index (κ2) is 8.53. The van der Waals surface area contributed by atoms with Gasteiger partial charge in [-0.15, -0.1) is 0 Å². The molecule has 1 aromatic rings. The molecule has 1 atom stereocenters. The highest BCUT2D eigenvalue weighted by atomic mass is 16.5. The van der Waals surface area contributed by atoms with Crippen LogP contribution in [-0.2, 0) is 11.2 Å². The molecule has 0 aliphatic carbocycles. The molecular weight excluding hydrogens is 240 g/mol. The van der Waals surface area contributed by atoms with Crippen molar-refractivity contribution >= 4 is 5.91 Å². The maximum absolute atomic E-state index is 11.5. The van der Waals surface area contributed by atoms with E-state index in [2.05, 4.69) is 17.4 Å². The van der Waals surface area contributed by atoms with Crippen molar-refractivity contribution < 1.29 is 9.53 Å². The summed E-state index contributed by atoms with van der Waals surface area (Å²) in [5, 5.41) is 2.91. The van der Waals surface area contributed by atoms with Gasteiger partial charge in [0.25, 0.3) is 0 Å². The van der Waals surface area contributed by atoms with Crippen LogP contribution in [0.5, 0.6) is 5.75 Å². The number of carbonyl (C=O) groups excluding carboxylic acids is 1. The molecule has 0 spiro atoms. The predicted molar refractivity (Wildman–Crippen MR) is 77.2 cm³/mol. The quantitative estimate of drug-likeness (QED) is 0.705. The van der Waals surface area contributed by atoms with Gasteiger partial charge in [-0.25, -0.2) is 0 Å².